The van der Waals surface area contributed by atoms with Crippen molar-refractivity contribution in [3.8, 4) is 0 Å². The molecule has 2 rings (SSSR count). The first kappa shape index (κ1) is 19.3. The zero-order chi connectivity index (χ0) is 18.1. The summed E-state index contributed by atoms with van der Waals surface area (Å²) in [7, 11) is 7.59. The van der Waals surface area contributed by atoms with Gasteiger partial charge in [0.1, 0.15) is 0 Å². The van der Waals surface area contributed by atoms with Gasteiger partial charge in [0.2, 0.25) is 0 Å². The molecule has 0 spiro atoms. The monoisotopic (exact) mass is 368 g/mol. The van der Waals surface area contributed by atoms with Crippen molar-refractivity contribution in [1.29, 1.82) is 0 Å². The van der Waals surface area contributed by atoms with Crippen LogP contribution >= 0.6 is 9.30 Å². The molecule has 0 bridgehead atoms. The molecule has 0 N–H and O–H groups in total. The molecule has 2 aliphatic carbocycles. The van der Waals surface area contributed by atoms with Crippen LogP contribution in [0, 0.1) is 10.8 Å². The Morgan fingerprint density at radius 3 is 1.04 bits per heavy atom. The van der Waals surface area contributed by atoms with E-state index in [4.69, 9.17) is 9.30 Å². The third-order valence-electron chi connectivity index (χ3n) is 7.06. The molecule has 128 valence electrons. The third-order valence-corrected chi connectivity index (χ3v) is 14.7. The van der Waals surface area contributed by atoms with Crippen LogP contribution in [-0.4, -0.2) is 0 Å². The molecule has 0 saturated heterocycles. The summed E-state index contributed by atoms with van der Waals surface area (Å²) in [4.78, 5) is 0. The van der Waals surface area contributed by atoms with E-state index < -0.39 is 15.5 Å². The summed E-state index contributed by atoms with van der Waals surface area (Å²) in [6.45, 7) is 23.2. The van der Waals surface area contributed by atoms with Gasteiger partial charge in [0.25, 0.3) is 0 Å². The van der Waals surface area contributed by atoms with Gasteiger partial charge in [0.05, 0.1) is 0 Å². The van der Waals surface area contributed by atoms with Gasteiger partial charge in [-0.3, -0.25) is 0 Å². The maximum absolute atomic E-state index is 7.59. The van der Waals surface area contributed by atoms with Gasteiger partial charge in [-0.1, -0.05) is 0 Å². The SMILES string of the molecule is CC1=C(C)C(C)(C)[C]([Ti]([CH3])([Cl])[C]2=C(C)C(C)=C(C)C2(C)C)=C1C. The quantitative estimate of drug-likeness (QED) is 0.439. The van der Waals surface area contributed by atoms with Crippen LogP contribution in [0.1, 0.15) is 69.2 Å². The van der Waals surface area contributed by atoms with Gasteiger partial charge < -0.3 is 0 Å². The normalized spacial score (nSPS) is 24.5. The van der Waals surface area contributed by atoms with Crippen LogP contribution in [0.2, 0.25) is 5.23 Å². The number of halogens is 1. The number of hydrogen-bond donors (Lipinski definition) is 0. The molecule has 0 aromatic rings. The summed E-state index contributed by atoms with van der Waals surface area (Å²) in [6.07, 6.45) is 0. The van der Waals surface area contributed by atoms with E-state index in [0.29, 0.717) is 0 Å². The second-order valence-electron chi connectivity index (χ2n) is 8.75. The zero-order valence-corrected chi connectivity index (χ0v) is 19.2. The zero-order valence-electron chi connectivity index (χ0n) is 16.9. The standard InChI is InChI=1S/2C10H15.CH3.ClH.Ti/c2*1-7-6-10(4,5)9(3)8(7)2;;;/h2*1-5H3;1H3;1H;/q;;;;+1/p-1. The Kier molecular flexibility index (Phi) is 4.60. The molecule has 0 amide bonds. The topological polar surface area (TPSA) is 0 Å². The van der Waals surface area contributed by atoms with Gasteiger partial charge in [-0.15, -0.1) is 0 Å². The summed E-state index contributed by atoms with van der Waals surface area (Å²) in [5, 5.41) is 2.40. The second kappa shape index (κ2) is 5.48. The van der Waals surface area contributed by atoms with Crippen molar-refractivity contribution in [2.24, 2.45) is 10.8 Å². The fraction of sp³-hybridized carbons (Fsp3) is 0.619. The Labute approximate surface area is 151 Å². The fourth-order valence-corrected chi connectivity index (χ4v) is 15.7. The van der Waals surface area contributed by atoms with Crippen LogP contribution in [0.15, 0.2) is 41.2 Å². The van der Waals surface area contributed by atoms with E-state index in [1.165, 1.54) is 33.4 Å². The van der Waals surface area contributed by atoms with Crippen LogP contribution in [0.4, 0.5) is 0 Å². The predicted molar refractivity (Wildman–Crippen MR) is 101 cm³/mol. The molecule has 0 unspecified atom stereocenters. The average Bonchev–Trinajstić information content (AvgIpc) is 2.66. The minimum absolute atomic E-state index is 0.0957. The van der Waals surface area contributed by atoms with Crippen molar-refractivity contribution in [2.75, 3.05) is 0 Å². The third kappa shape index (κ3) is 2.43. The molecule has 0 atom stereocenters. The van der Waals surface area contributed by atoms with Gasteiger partial charge in [0, 0.05) is 0 Å². The van der Waals surface area contributed by atoms with Crippen LogP contribution in [0.3, 0.4) is 0 Å². The maximum atomic E-state index is 7.59. The Morgan fingerprint density at radius 1 is 0.609 bits per heavy atom. The van der Waals surface area contributed by atoms with Crippen molar-refractivity contribution in [3.05, 3.63) is 41.2 Å². The molecule has 0 aromatic heterocycles. The van der Waals surface area contributed by atoms with Crippen LogP contribution < -0.4 is 0 Å². The van der Waals surface area contributed by atoms with Gasteiger partial charge in [-0.25, -0.2) is 0 Å². The molecule has 0 nitrogen and oxygen atoms in total. The van der Waals surface area contributed by atoms with Gasteiger partial charge in [-0.05, 0) is 0 Å². The average molecular weight is 369 g/mol. The molecular weight excluding hydrogens is 336 g/mol. The Morgan fingerprint density at radius 2 is 0.870 bits per heavy atom. The number of hydrogen-bond acceptors (Lipinski definition) is 0. The summed E-state index contributed by atoms with van der Waals surface area (Å²) in [5.74, 6) is 0. The van der Waals surface area contributed by atoms with Crippen molar-refractivity contribution in [3.63, 3.8) is 0 Å². The summed E-state index contributed by atoms with van der Waals surface area (Å²) >= 11 is -2.88. The van der Waals surface area contributed by atoms with E-state index in [0.717, 1.165) is 0 Å². The predicted octanol–water partition coefficient (Wildman–Crippen LogP) is 7.64. The molecule has 23 heavy (non-hydrogen) atoms. The molecule has 0 heterocycles. The van der Waals surface area contributed by atoms with Crippen molar-refractivity contribution >= 4 is 9.30 Å². The Bertz CT molecular complexity index is 646. The molecule has 0 fully saturated rings. The van der Waals surface area contributed by atoms with Crippen LogP contribution in [0.25, 0.3) is 0 Å². The van der Waals surface area contributed by atoms with Crippen LogP contribution in [-0.2, 0) is 15.5 Å². The second-order valence-corrected chi connectivity index (χ2v) is 16.6. The summed E-state index contributed by atoms with van der Waals surface area (Å²) < 4.78 is 3.14. The summed E-state index contributed by atoms with van der Waals surface area (Å²) in [5.41, 5.74) is 9.02. The first-order chi connectivity index (χ1) is 10.2. The molecule has 0 radical (unpaired) electrons. The molecule has 0 saturated carbocycles. The molecule has 2 heteroatoms. The first-order valence-corrected chi connectivity index (χ1v) is 14.0. The van der Waals surface area contributed by atoms with Gasteiger partial charge in [0.15, 0.2) is 0 Å². The van der Waals surface area contributed by atoms with E-state index >= 15 is 0 Å². The number of allylic oxidation sites excluding steroid dienone is 8. The van der Waals surface area contributed by atoms with Crippen molar-refractivity contribution in [2.45, 2.75) is 74.5 Å². The van der Waals surface area contributed by atoms with E-state index in [-0.39, 0.29) is 10.8 Å². The van der Waals surface area contributed by atoms with Gasteiger partial charge in [-0.2, -0.15) is 0 Å². The number of rotatable bonds is 2. The van der Waals surface area contributed by atoms with E-state index in [1.807, 2.05) is 0 Å². The molecule has 0 aliphatic heterocycles. The summed E-state index contributed by atoms with van der Waals surface area (Å²) in [6, 6.07) is 0. The van der Waals surface area contributed by atoms with E-state index in [2.05, 4.69) is 74.5 Å². The van der Waals surface area contributed by atoms with E-state index in [9.17, 15) is 0 Å². The molecule has 0 aromatic carbocycles. The minimum atomic E-state index is -2.88. The fourth-order valence-electron chi connectivity index (χ4n) is 5.19. The van der Waals surface area contributed by atoms with Gasteiger partial charge >= 0.3 is 151 Å². The first-order valence-electron chi connectivity index (χ1n) is 8.69. The van der Waals surface area contributed by atoms with Crippen molar-refractivity contribution in [1.82, 2.24) is 0 Å². The van der Waals surface area contributed by atoms with Crippen LogP contribution in [0.5, 0.6) is 0 Å². The molecular formula is C21H33ClTi. The van der Waals surface area contributed by atoms with E-state index in [1.54, 1.807) is 7.76 Å². The Balaban J connectivity index is 2.72. The Hall–Kier alpha value is -0.0357. The molecule has 2 aliphatic rings. The van der Waals surface area contributed by atoms with Crippen molar-refractivity contribution < 1.29 is 15.5 Å².